The zero-order chi connectivity index (χ0) is 31.8. The van der Waals surface area contributed by atoms with Gasteiger partial charge in [0.05, 0.1) is 11.1 Å². The van der Waals surface area contributed by atoms with Crippen molar-refractivity contribution in [2.75, 3.05) is 19.6 Å². The first-order valence-electron chi connectivity index (χ1n) is 15.3. The summed E-state index contributed by atoms with van der Waals surface area (Å²) in [7, 11) is 0. The van der Waals surface area contributed by atoms with Gasteiger partial charge in [0.2, 0.25) is 0 Å². The van der Waals surface area contributed by atoms with Crippen molar-refractivity contribution in [3.63, 3.8) is 0 Å². The summed E-state index contributed by atoms with van der Waals surface area (Å²) >= 11 is 0. The Hall–Kier alpha value is -5.17. The second-order valence-corrected chi connectivity index (χ2v) is 12.0. The zero-order valence-corrected chi connectivity index (χ0v) is 26.0. The van der Waals surface area contributed by atoms with Crippen LogP contribution in [-0.4, -0.2) is 52.6 Å². The van der Waals surface area contributed by atoms with Gasteiger partial charge in [0.15, 0.2) is 0 Å². The summed E-state index contributed by atoms with van der Waals surface area (Å²) in [5.41, 5.74) is 3.24. The van der Waals surface area contributed by atoms with Gasteiger partial charge in [-0.25, -0.2) is 4.79 Å². The van der Waals surface area contributed by atoms with Crippen molar-refractivity contribution in [3.8, 4) is 0 Å². The molecule has 1 heterocycles. The van der Waals surface area contributed by atoms with Gasteiger partial charge < -0.3 is 15.0 Å². The number of carbonyl (C=O) groups is 3. The van der Waals surface area contributed by atoms with Crippen molar-refractivity contribution < 1.29 is 19.1 Å². The SMILES string of the molecule is CC(C)(C)OC(=O)n1cc(C(=O)NCCN(CCC(c2ccccc2)c2ccccc2)C(=O)c2ccccc2)c2ccccc21. The number of hydrogen-bond donors (Lipinski definition) is 1. The molecule has 230 valence electrons. The molecule has 7 heteroatoms. The number of hydrogen-bond acceptors (Lipinski definition) is 4. The molecule has 2 amide bonds. The second-order valence-electron chi connectivity index (χ2n) is 12.0. The van der Waals surface area contributed by atoms with Crippen LogP contribution in [0.2, 0.25) is 0 Å². The van der Waals surface area contributed by atoms with E-state index in [0.29, 0.717) is 41.5 Å². The van der Waals surface area contributed by atoms with Crippen molar-refractivity contribution in [2.24, 2.45) is 0 Å². The van der Waals surface area contributed by atoms with Gasteiger partial charge >= 0.3 is 6.09 Å². The van der Waals surface area contributed by atoms with Crippen LogP contribution in [0.5, 0.6) is 0 Å². The van der Waals surface area contributed by atoms with E-state index in [1.165, 1.54) is 21.9 Å². The summed E-state index contributed by atoms with van der Waals surface area (Å²) < 4.78 is 6.93. The highest BCUT2D eigenvalue weighted by Crippen LogP contribution is 2.28. The summed E-state index contributed by atoms with van der Waals surface area (Å²) in [6.07, 6.45) is 1.68. The minimum absolute atomic E-state index is 0.0914. The molecular weight excluding hydrogens is 562 g/mol. The molecule has 4 aromatic carbocycles. The maximum absolute atomic E-state index is 13.7. The first-order valence-corrected chi connectivity index (χ1v) is 15.3. The predicted octanol–water partition coefficient (Wildman–Crippen LogP) is 7.52. The number of nitrogens with one attached hydrogen (secondary N) is 1. The van der Waals surface area contributed by atoms with Crippen LogP contribution in [0.15, 0.2) is 121 Å². The van der Waals surface area contributed by atoms with Crippen molar-refractivity contribution >= 4 is 28.8 Å². The van der Waals surface area contributed by atoms with Crippen molar-refractivity contribution in [1.29, 1.82) is 0 Å². The van der Waals surface area contributed by atoms with Crippen molar-refractivity contribution in [2.45, 2.75) is 38.7 Å². The predicted molar refractivity (Wildman–Crippen MR) is 178 cm³/mol. The van der Waals surface area contributed by atoms with Crippen LogP contribution < -0.4 is 5.32 Å². The van der Waals surface area contributed by atoms with E-state index in [-0.39, 0.29) is 24.3 Å². The molecule has 45 heavy (non-hydrogen) atoms. The zero-order valence-electron chi connectivity index (χ0n) is 26.0. The fourth-order valence-corrected chi connectivity index (χ4v) is 5.48. The Morgan fingerprint density at radius 2 is 1.31 bits per heavy atom. The number of aromatic nitrogens is 1. The van der Waals surface area contributed by atoms with E-state index in [9.17, 15) is 14.4 Å². The lowest BCUT2D eigenvalue weighted by Crippen LogP contribution is -2.39. The van der Waals surface area contributed by atoms with E-state index in [4.69, 9.17) is 4.74 Å². The van der Waals surface area contributed by atoms with E-state index >= 15 is 0 Å². The van der Waals surface area contributed by atoms with Gasteiger partial charge in [-0.1, -0.05) is 97.1 Å². The molecule has 0 atom stereocenters. The molecule has 5 aromatic rings. The maximum Gasteiger partial charge on any atom is 0.419 e. The quantitative estimate of drug-likeness (QED) is 0.180. The van der Waals surface area contributed by atoms with Gasteiger partial charge in [0, 0.05) is 42.7 Å². The third kappa shape index (κ3) is 7.87. The lowest BCUT2D eigenvalue weighted by atomic mass is 9.88. The molecule has 7 nitrogen and oxygen atoms in total. The summed E-state index contributed by atoms with van der Waals surface area (Å²) in [5.74, 6) is -0.314. The summed E-state index contributed by atoms with van der Waals surface area (Å²) in [6, 6.07) is 37.1. The van der Waals surface area contributed by atoms with Crippen LogP contribution in [-0.2, 0) is 4.74 Å². The Morgan fingerprint density at radius 1 is 0.756 bits per heavy atom. The van der Waals surface area contributed by atoms with E-state index < -0.39 is 11.7 Å². The van der Waals surface area contributed by atoms with E-state index in [1.54, 1.807) is 31.7 Å². The lowest BCUT2D eigenvalue weighted by molar-refractivity contribution is 0.0544. The van der Waals surface area contributed by atoms with Crippen LogP contribution in [0.1, 0.15) is 65.0 Å². The third-order valence-corrected chi connectivity index (χ3v) is 7.61. The number of nitrogens with zero attached hydrogens (tertiary/aromatic N) is 2. The minimum atomic E-state index is -0.681. The number of carbonyl (C=O) groups excluding carboxylic acids is 3. The highest BCUT2D eigenvalue weighted by molar-refractivity contribution is 6.09. The average molecular weight is 602 g/mol. The van der Waals surface area contributed by atoms with E-state index in [1.807, 2.05) is 84.9 Å². The molecule has 1 aromatic heterocycles. The number of amides is 2. The van der Waals surface area contributed by atoms with Crippen molar-refractivity contribution in [3.05, 3.63) is 144 Å². The molecule has 0 bridgehead atoms. The lowest BCUT2D eigenvalue weighted by Gasteiger charge is -2.26. The molecule has 0 aliphatic rings. The Labute approximate surface area is 264 Å². The highest BCUT2D eigenvalue weighted by atomic mass is 16.6. The standard InChI is InChI=1S/C38H39N3O4/c1-38(2,3)45-37(44)41-27-33(32-21-13-14-22-34(32)41)35(42)39-24-26-40(36(43)30-19-11-6-12-20-30)25-23-31(28-15-7-4-8-16-28)29-17-9-5-10-18-29/h4-22,27,31H,23-26H2,1-3H3,(H,39,42). The molecule has 0 saturated carbocycles. The summed E-state index contributed by atoms with van der Waals surface area (Å²) in [5, 5.41) is 3.63. The fourth-order valence-electron chi connectivity index (χ4n) is 5.48. The maximum atomic E-state index is 13.7. The molecule has 0 spiro atoms. The smallest absolute Gasteiger partial charge is 0.419 e. The fraction of sp³-hybridized carbons (Fsp3) is 0.237. The number of rotatable bonds is 10. The molecule has 0 fully saturated rings. The largest absolute Gasteiger partial charge is 0.443 e. The van der Waals surface area contributed by atoms with Gasteiger partial charge in [-0.2, -0.15) is 0 Å². The van der Waals surface area contributed by atoms with Crippen LogP contribution >= 0.6 is 0 Å². The van der Waals surface area contributed by atoms with Crippen LogP contribution in [0.4, 0.5) is 4.79 Å². The van der Waals surface area contributed by atoms with E-state index in [2.05, 4.69) is 29.6 Å². The Kier molecular flexibility index (Phi) is 9.78. The molecule has 5 rings (SSSR count). The van der Waals surface area contributed by atoms with Gasteiger partial charge in [-0.3, -0.25) is 14.2 Å². The molecular formula is C38H39N3O4. The molecule has 0 unspecified atom stereocenters. The minimum Gasteiger partial charge on any atom is -0.443 e. The second kappa shape index (κ2) is 14.1. The molecule has 0 aliphatic heterocycles. The van der Waals surface area contributed by atoms with Crippen molar-refractivity contribution in [1.82, 2.24) is 14.8 Å². The van der Waals surface area contributed by atoms with Crippen LogP contribution in [0.3, 0.4) is 0 Å². The van der Waals surface area contributed by atoms with Gasteiger partial charge in [0.1, 0.15) is 5.60 Å². The topological polar surface area (TPSA) is 80.6 Å². The monoisotopic (exact) mass is 601 g/mol. The van der Waals surface area contributed by atoms with Crippen LogP contribution in [0, 0.1) is 0 Å². The Morgan fingerprint density at radius 3 is 1.91 bits per heavy atom. The number of para-hydroxylation sites is 1. The Balaban J connectivity index is 1.33. The average Bonchev–Trinajstić information content (AvgIpc) is 3.44. The highest BCUT2D eigenvalue weighted by Gasteiger charge is 2.24. The Bertz CT molecular complexity index is 1700. The molecule has 0 radical (unpaired) electrons. The van der Waals surface area contributed by atoms with Gasteiger partial charge in [-0.15, -0.1) is 0 Å². The first-order chi connectivity index (χ1) is 21.7. The summed E-state index contributed by atoms with van der Waals surface area (Å²) in [6.45, 7) is 6.46. The normalized spacial score (nSPS) is 11.4. The van der Waals surface area contributed by atoms with E-state index in [0.717, 1.165) is 0 Å². The molecule has 0 aliphatic carbocycles. The molecule has 0 saturated heterocycles. The molecule has 1 N–H and O–H groups in total. The number of ether oxygens (including phenoxy) is 1. The number of fused-ring (bicyclic) bond motifs is 1. The van der Waals surface area contributed by atoms with Gasteiger partial charge in [-0.05, 0) is 56.5 Å². The first kappa shape index (κ1) is 31.3. The summed E-state index contributed by atoms with van der Waals surface area (Å²) in [4.78, 5) is 41.9. The number of benzene rings is 4. The van der Waals surface area contributed by atoms with Gasteiger partial charge in [0.25, 0.3) is 11.8 Å². The third-order valence-electron chi connectivity index (χ3n) is 7.61. The van der Waals surface area contributed by atoms with Crippen LogP contribution in [0.25, 0.3) is 10.9 Å².